The van der Waals surface area contributed by atoms with Gasteiger partial charge in [-0.25, -0.2) is 0 Å². The summed E-state index contributed by atoms with van der Waals surface area (Å²) in [5.74, 6) is 2.47. The maximum atomic E-state index is 9.78. The third-order valence-electron chi connectivity index (χ3n) is 3.35. The van der Waals surface area contributed by atoms with Crippen molar-refractivity contribution < 1.29 is 24.1 Å². The van der Waals surface area contributed by atoms with Gasteiger partial charge in [0.05, 0.1) is 14.2 Å². The molecule has 118 valence electrons. The second kappa shape index (κ2) is 9.61. The molecule has 0 aliphatic carbocycles. The van der Waals surface area contributed by atoms with Gasteiger partial charge in [-0.3, -0.25) is 0 Å². The summed E-state index contributed by atoms with van der Waals surface area (Å²) in [6.07, 6.45) is 3.79. The zero-order valence-electron chi connectivity index (χ0n) is 12.3. The molecule has 0 radical (unpaired) electrons. The van der Waals surface area contributed by atoms with E-state index in [1.54, 1.807) is 19.2 Å². The normalized spacial score (nSPS) is 11.6. The molecular weight excluding hydrogens is 330 g/mol. The summed E-state index contributed by atoms with van der Waals surface area (Å²) in [7, 11) is 3.11. The van der Waals surface area contributed by atoms with Gasteiger partial charge >= 0.3 is 59.1 Å². The molecule has 0 spiro atoms. The predicted molar refractivity (Wildman–Crippen MR) is 97.0 cm³/mol. The number of ether oxygens (including phenoxy) is 4. The van der Waals surface area contributed by atoms with E-state index < -0.39 is 0 Å². The van der Waals surface area contributed by atoms with Crippen molar-refractivity contribution in [1.29, 1.82) is 0 Å². The molecule has 0 amide bonds. The fourth-order valence-electron chi connectivity index (χ4n) is 2.25. The Morgan fingerprint density at radius 3 is 2.29 bits per heavy atom. The minimum absolute atomic E-state index is 0. The van der Waals surface area contributed by atoms with Crippen molar-refractivity contribution >= 4 is 71.3 Å². The van der Waals surface area contributed by atoms with Crippen molar-refractivity contribution in [2.45, 2.75) is 0 Å². The molecule has 1 aliphatic heterocycles. The number of fused-ring (bicyclic) bond motifs is 1. The molecule has 0 saturated heterocycles. The van der Waals surface area contributed by atoms with Gasteiger partial charge in [0, 0.05) is 0 Å². The van der Waals surface area contributed by atoms with Crippen LogP contribution < -0.4 is 18.9 Å². The van der Waals surface area contributed by atoms with Gasteiger partial charge in [-0.2, -0.15) is 0 Å². The molecule has 0 fully saturated rings. The van der Waals surface area contributed by atoms with Gasteiger partial charge in [0.15, 0.2) is 23.0 Å². The van der Waals surface area contributed by atoms with Gasteiger partial charge in [-0.15, -0.1) is 0 Å². The third kappa shape index (κ3) is 4.63. The number of phenolic OH excluding ortho intramolecular Hbond substituents is 1. The van der Waals surface area contributed by atoms with E-state index in [9.17, 15) is 5.11 Å². The molecule has 5 nitrogen and oxygen atoms in total. The van der Waals surface area contributed by atoms with Crippen LogP contribution in [-0.4, -0.2) is 85.2 Å². The summed E-state index contributed by atoms with van der Waals surface area (Å²) in [6, 6.07) is 8.96. The van der Waals surface area contributed by atoms with Crippen LogP contribution >= 0.6 is 0 Å². The van der Waals surface area contributed by atoms with Crippen LogP contribution in [0.1, 0.15) is 11.1 Å². The first-order chi connectivity index (χ1) is 10.7. The quantitative estimate of drug-likeness (QED) is 0.677. The monoisotopic (exact) mass is 348 g/mol. The SMILES string of the molecule is COc1ccc(/C=C\c2cc(OC)c3c(c2)OCO3)cc1O.[NaH].[NaH]. The average Bonchev–Trinajstić information content (AvgIpc) is 3.00. The van der Waals surface area contributed by atoms with E-state index in [-0.39, 0.29) is 71.7 Å². The van der Waals surface area contributed by atoms with Gasteiger partial charge in [0.25, 0.3) is 0 Å². The van der Waals surface area contributed by atoms with Crippen LogP contribution in [0.3, 0.4) is 0 Å². The van der Waals surface area contributed by atoms with E-state index in [0.29, 0.717) is 23.0 Å². The Morgan fingerprint density at radius 2 is 1.62 bits per heavy atom. The second-order valence-electron chi connectivity index (χ2n) is 4.72. The summed E-state index contributed by atoms with van der Waals surface area (Å²) in [5.41, 5.74) is 1.77. The number of phenols is 1. The Balaban J connectivity index is 0.00000144. The van der Waals surface area contributed by atoms with Gasteiger partial charge in [0.2, 0.25) is 12.5 Å². The van der Waals surface area contributed by atoms with Gasteiger partial charge in [0.1, 0.15) is 0 Å². The number of hydrogen-bond donors (Lipinski definition) is 1. The summed E-state index contributed by atoms with van der Waals surface area (Å²) in [4.78, 5) is 0. The first-order valence-electron chi connectivity index (χ1n) is 6.74. The van der Waals surface area contributed by atoms with Crippen molar-refractivity contribution in [3.05, 3.63) is 41.5 Å². The molecule has 1 heterocycles. The van der Waals surface area contributed by atoms with Crippen molar-refractivity contribution in [2.24, 2.45) is 0 Å². The molecule has 0 atom stereocenters. The van der Waals surface area contributed by atoms with E-state index in [1.807, 2.05) is 30.4 Å². The van der Waals surface area contributed by atoms with Crippen LogP contribution in [0.25, 0.3) is 12.2 Å². The van der Waals surface area contributed by atoms with E-state index in [4.69, 9.17) is 18.9 Å². The zero-order valence-corrected chi connectivity index (χ0v) is 12.3. The van der Waals surface area contributed by atoms with Crippen LogP contribution in [-0.2, 0) is 0 Å². The third-order valence-corrected chi connectivity index (χ3v) is 3.35. The van der Waals surface area contributed by atoms with Crippen LogP contribution in [0.2, 0.25) is 0 Å². The zero-order chi connectivity index (χ0) is 15.5. The molecule has 2 aromatic carbocycles. The number of benzene rings is 2. The minimum atomic E-state index is 0. The summed E-state index contributed by atoms with van der Waals surface area (Å²) < 4.78 is 21.1. The van der Waals surface area contributed by atoms with Crippen LogP contribution in [0, 0.1) is 0 Å². The summed E-state index contributed by atoms with van der Waals surface area (Å²) in [6.45, 7) is 0.200. The summed E-state index contributed by atoms with van der Waals surface area (Å²) >= 11 is 0. The van der Waals surface area contributed by atoms with E-state index in [0.717, 1.165) is 11.1 Å². The predicted octanol–water partition coefficient (Wildman–Crippen LogP) is 2.01. The molecule has 2 aromatic rings. The molecule has 0 aromatic heterocycles. The van der Waals surface area contributed by atoms with Gasteiger partial charge in [-0.1, -0.05) is 18.2 Å². The average molecular weight is 348 g/mol. The van der Waals surface area contributed by atoms with E-state index in [2.05, 4.69) is 0 Å². The van der Waals surface area contributed by atoms with Crippen molar-refractivity contribution in [3.63, 3.8) is 0 Å². The first-order valence-corrected chi connectivity index (χ1v) is 6.74. The standard InChI is InChI=1S/C17H16O5.2Na.2H/c1-19-14-6-5-11(7-13(14)18)3-4-12-8-15(20-2)17-16(9-12)21-10-22-17;;;;/h3-9,18H,10H2,1-2H3;;;;/b4-3-;;;;. The van der Waals surface area contributed by atoms with Gasteiger partial charge in [-0.05, 0) is 35.4 Å². The Hall–Kier alpha value is -0.820. The summed E-state index contributed by atoms with van der Waals surface area (Å²) in [5, 5.41) is 9.78. The molecule has 7 heteroatoms. The van der Waals surface area contributed by atoms with Crippen molar-refractivity contribution in [1.82, 2.24) is 0 Å². The van der Waals surface area contributed by atoms with Gasteiger partial charge < -0.3 is 24.1 Å². The maximum absolute atomic E-state index is 9.78. The number of methoxy groups -OCH3 is 2. The second-order valence-corrected chi connectivity index (χ2v) is 4.72. The first kappa shape index (κ1) is 21.2. The molecule has 0 bridgehead atoms. The fraction of sp³-hybridized carbons (Fsp3) is 0.176. The Bertz CT molecular complexity index is 731. The fourth-order valence-corrected chi connectivity index (χ4v) is 2.25. The Kier molecular flexibility index (Phi) is 8.50. The Morgan fingerprint density at radius 1 is 0.917 bits per heavy atom. The molecule has 24 heavy (non-hydrogen) atoms. The molecule has 0 unspecified atom stereocenters. The molecule has 0 saturated carbocycles. The van der Waals surface area contributed by atoms with Crippen LogP contribution in [0.15, 0.2) is 30.3 Å². The van der Waals surface area contributed by atoms with Crippen LogP contribution in [0.4, 0.5) is 0 Å². The molecule has 1 aliphatic rings. The topological polar surface area (TPSA) is 57.2 Å². The number of aromatic hydroxyl groups is 1. The van der Waals surface area contributed by atoms with E-state index in [1.165, 1.54) is 7.11 Å². The van der Waals surface area contributed by atoms with Crippen molar-refractivity contribution in [2.75, 3.05) is 21.0 Å². The van der Waals surface area contributed by atoms with Crippen LogP contribution in [0.5, 0.6) is 28.7 Å². The molecular formula is C17H18Na2O5. The molecule has 1 N–H and O–H groups in total. The molecule has 3 rings (SSSR count). The number of rotatable bonds is 4. The van der Waals surface area contributed by atoms with E-state index >= 15 is 0 Å². The van der Waals surface area contributed by atoms with Crippen molar-refractivity contribution in [3.8, 4) is 28.7 Å². The Labute approximate surface area is 185 Å². The number of hydrogen-bond acceptors (Lipinski definition) is 5.